The zero-order valence-electron chi connectivity index (χ0n) is 10.8. The minimum atomic E-state index is -0.245. The summed E-state index contributed by atoms with van der Waals surface area (Å²) in [6.45, 7) is 3.72. The van der Waals surface area contributed by atoms with Crippen molar-refractivity contribution < 1.29 is 4.39 Å². The fourth-order valence-corrected chi connectivity index (χ4v) is 2.12. The first kappa shape index (κ1) is 11.7. The third-order valence-corrected chi connectivity index (χ3v) is 3.25. The van der Waals surface area contributed by atoms with E-state index in [0.717, 1.165) is 11.2 Å². The molecule has 0 aliphatic carbocycles. The van der Waals surface area contributed by atoms with Crippen LogP contribution in [0.2, 0.25) is 0 Å². The highest BCUT2D eigenvalue weighted by Crippen LogP contribution is 2.27. The molecule has 0 saturated heterocycles. The van der Waals surface area contributed by atoms with Crippen molar-refractivity contribution in [2.24, 2.45) is 0 Å². The Kier molecular flexibility index (Phi) is 2.52. The molecule has 96 valence electrons. The Balaban J connectivity index is 2.24. The molecule has 3 aromatic rings. The number of halogens is 1. The summed E-state index contributed by atoms with van der Waals surface area (Å²) in [5, 5.41) is 0. The molecule has 0 radical (unpaired) electrons. The van der Waals surface area contributed by atoms with Gasteiger partial charge >= 0.3 is 0 Å². The molecule has 2 aromatic heterocycles. The van der Waals surface area contributed by atoms with E-state index in [2.05, 4.69) is 4.98 Å². The van der Waals surface area contributed by atoms with Crippen LogP contribution >= 0.6 is 0 Å². The summed E-state index contributed by atoms with van der Waals surface area (Å²) in [6.07, 6.45) is 1.92. The largest absolute Gasteiger partial charge is 0.383 e. The highest BCUT2D eigenvalue weighted by atomic mass is 19.1. The third-order valence-electron chi connectivity index (χ3n) is 3.25. The number of hydrogen-bond donors (Lipinski definition) is 1. The van der Waals surface area contributed by atoms with Gasteiger partial charge in [0, 0.05) is 11.8 Å². The molecule has 0 fully saturated rings. The maximum absolute atomic E-state index is 13.6. The summed E-state index contributed by atoms with van der Waals surface area (Å²) in [4.78, 5) is 4.47. The van der Waals surface area contributed by atoms with E-state index < -0.39 is 0 Å². The van der Waals surface area contributed by atoms with E-state index in [0.29, 0.717) is 22.6 Å². The molecule has 0 aliphatic heterocycles. The highest BCUT2D eigenvalue weighted by Gasteiger charge is 2.12. The van der Waals surface area contributed by atoms with Crippen LogP contribution in [0.25, 0.3) is 16.9 Å². The van der Waals surface area contributed by atoms with Crippen LogP contribution in [0.1, 0.15) is 11.1 Å². The van der Waals surface area contributed by atoms with Crippen molar-refractivity contribution in [2.75, 3.05) is 5.73 Å². The lowest BCUT2D eigenvalue weighted by Gasteiger charge is -2.02. The normalized spacial score (nSPS) is 11.1. The number of rotatable bonds is 1. The monoisotopic (exact) mass is 255 g/mol. The van der Waals surface area contributed by atoms with Gasteiger partial charge < -0.3 is 5.73 Å². The van der Waals surface area contributed by atoms with Gasteiger partial charge in [-0.2, -0.15) is 0 Å². The van der Waals surface area contributed by atoms with Crippen molar-refractivity contribution >= 4 is 11.5 Å². The fourth-order valence-electron chi connectivity index (χ4n) is 2.12. The van der Waals surface area contributed by atoms with Gasteiger partial charge in [-0.05, 0) is 37.1 Å². The number of nitrogens with two attached hydrogens (primary N) is 1. The van der Waals surface area contributed by atoms with E-state index in [1.165, 1.54) is 6.07 Å². The standard InChI is InChI=1S/C15H14FN3/c1-9-3-6-13-18-14(15(17)19(13)8-9)11-5-4-10(2)12(16)7-11/h3-8H,17H2,1-2H3. The fraction of sp³-hybridized carbons (Fsp3) is 0.133. The van der Waals surface area contributed by atoms with Gasteiger partial charge in [-0.1, -0.05) is 18.2 Å². The number of benzene rings is 1. The van der Waals surface area contributed by atoms with Gasteiger partial charge in [0.05, 0.1) is 0 Å². The molecule has 4 heteroatoms. The third kappa shape index (κ3) is 1.85. The Hall–Kier alpha value is -2.36. The van der Waals surface area contributed by atoms with Crippen molar-refractivity contribution in [3.8, 4) is 11.3 Å². The Labute approximate surface area is 110 Å². The van der Waals surface area contributed by atoms with Gasteiger partial charge in [0.2, 0.25) is 0 Å². The van der Waals surface area contributed by atoms with Crippen LogP contribution in [0.3, 0.4) is 0 Å². The van der Waals surface area contributed by atoms with Gasteiger partial charge in [-0.15, -0.1) is 0 Å². The second-order valence-electron chi connectivity index (χ2n) is 4.74. The Bertz CT molecular complexity index is 774. The van der Waals surface area contributed by atoms with Gasteiger partial charge in [-0.3, -0.25) is 4.40 Å². The molecule has 0 amide bonds. The zero-order chi connectivity index (χ0) is 13.6. The minimum Gasteiger partial charge on any atom is -0.383 e. The van der Waals surface area contributed by atoms with Crippen LogP contribution in [-0.2, 0) is 0 Å². The molecule has 19 heavy (non-hydrogen) atoms. The summed E-state index contributed by atoms with van der Waals surface area (Å²) in [5.74, 6) is 0.284. The van der Waals surface area contributed by atoms with E-state index in [1.807, 2.05) is 35.7 Å². The second-order valence-corrected chi connectivity index (χ2v) is 4.74. The first-order valence-corrected chi connectivity index (χ1v) is 6.07. The Morgan fingerprint density at radius 3 is 2.68 bits per heavy atom. The van der Waals surface area contributed by atoms with Crippen LogP contribution in [-0.4, -0.2) is 9.38 Å². The number of nitrogen functional groups attached to an aromatic ring is 1. The van der Waals surface area contributed by atoms with Crippen LogP contribution < -0.4 is 5.73 Å². The predicted octanol–water partition coefficient (Wildman–Crippen LogP) is 3.34. The molecule has 0 aliphatic rings. The van der Waals surface area contributed by atoms with Crippen molar-refractivity contribution in [2.45, 2.75) is 13.8 Å². The first-order valence-electron chi connectivity index (χ1n) is 6.07. The molecule has 3 nitrogen and oxygen atoms in total. The molecular weight excluding hydrogens is 241 g/mol. The molecule has 0 bridgehead atoms. The Morgan fingerprint density at radius 2 is 1.95 bits per heavy atom. The van der Waals surface area contributed by atoms with E-state index >= 15 is 0 Å². The predicted molar refractivity (Wildman–Crippen MR) is 74.5 cm³/mol. The lowest BCUT2D eigenvalue weighted by atomic mass is 10.1. The number of pyridine rings is 1. The van der Waals surface area contributed by atoms with E-state index in [1.54, 1.807) is 13.0 Å². The van der Waals surface area contributed by atoms with Crippen LogP contribution in [0.4, 0.5) is 10.2 Å². The topological polar surface area (TPSA) is 43.3 Å². The minimum absolute atomic E-state index is 0.245. The number of fused-ring (bicyclic) bond motifs is 1. The average molecular weight is 255 g/mol. The van der Waals surface area contributed by atoms with Gasteiger partial charge in [-0.25, -0.2) is 9.37 Å². The first-order chi connectivity index (χ1) is 9.06. The maximum atomic E-state index is 13.6. The highest BCUT2D eigenvalue weighted by molar-refractivity contribution is 5.75. The quantitative estimate of drug-likeness (QED) is 0.724. The van der Waals surface area contributed by atoms with Gasteiger partial charge in [0.15, 0.2) is 0 Å². The molecule has 0 unspecified atom stereocenters. The van der Waals surface area contributed by atoms with Crippen LogP contribution in [0, 0.1) is 19.7 Å². The van der Waals surface area contributed by atoms with Crippen LogP contribution in [0.5, 0.6) is 0 Å². The zero-order valence-corrected chi connectivity index (χ0v) is 10.8. The molecule has 0 saturated carbocycles. The van der Waals surface area contributed by atoms with Crippen molar-refractivity contribution in [3.63, 3.8) is 0 Å². The molecule has 1 aromatic carbocycles. The van der Waals surface area contributed by atoms with Crippen LogP contribution in [0.15, 0.2) is 36.5 Å². The van der Waals surface area contributed by atoms with Gasteiger partial charge in [0.25, 0.3) is 0 Å². The number of imidazole rings is 1. The molecule has 2 N–H and O–H groups in total. The SMILES string of the molecule is Cc1ccc2nc(-c3ccc(C)c(F)c3)c(N)n2c1. The molecule has 3 rings (SSSR count). The Morgan fingerprint density at radius 1 is 1.16 bits per heavy atom. The summed E-state index contributed by atoms with van der Waals surface area (Å²) in [6, 6.07) is 8.92. The average Bonchev–Trinajstić information content (AvgIpc) is 2.70. The summed E-state index contributed by atoms with van der Waals surface area (Å²) in [5.41, 5.74) is 9.89. The lowest BCUT2D eigenvalue weighted by molar-refractivity contribution is 0.619. The number of aromatic nitrogens is 2. The molecule has 0 atom stereocenters. The lowest BCUT2D eigenvalue weighted by Crippen LogP contribution is -1.95. The number of aryl methyl sites for hydroxylation is 2. The number of hydrogen-bond acceptors (Lipinski definition) is 2. The number of anilines is 1. The smallest absolute Gasteiger partial charge is 0.139 e. The molecule has 2 heterocycles. The maximum Gasteiger partial charge on any atom is 0.139 e. The molecule has 0 spiro atoms. The van der Waals surface area contributed by atoms with E-state index in [9.17, 15) is 4.39 Å². The summed E-state index contributed by atoms with van der Waals surface area (Å²) < 4.78 is 15.5. The van der Waals surface area contributed by atoms with E-state index in [-0.39, 0.29) is 5.82 Å². The summed E-state index contributed by atoms with van der Waals surface area (Å²) >= 11 is 0. The van der Waals surface area contributed by atoms with E-state index in [4.69, 9.17) is 5.73 Å². The second kappa shape index (κ2) is 4.09. The van der Waals surface area contributed by atoms with Crippen molar-refractivity contribution in [1.29, 1.82) is 0 Å². The summed E-state index contributed by atoms with van der Waals surface area (Å²) in [7, 11) is 0. The van der Waals surface area contributed by atoms with Crippen molar-refractivity contribution in [1.82, 2.24) is 9.38 Å². The molecular formula is C15H14FN3. The number of nitrogens with zero attached hydrogens (tertiary/aromatic N) is 2. The van der Waals surface area contributed by atoms with Gasteiger partial charge in [0.1, 0.15) is 23.0 Å². The van der Waals surface area contributed by atoms with Crippen molar-refractivity contribution in [3.05, 3.63) is 53.5 Å².